The molecule has 0 spiro atoms. The first-order valence-corrected chi connectivity index (χ1v) is 11.6. The van der Waals surface area contributed by atoms with Crippen LogP contribution >= 0.6 is 43.5 Å². The topological polar surface area (TPSA) is 37.4 Å². The van der Waals surface area contributed by atoms with Crippen LogP contribution in [0.15, 0.2) is 72.8 Å². The SMILES string of the molecule is O=C1[C@@H]2[C@H](C(=O)N1c1ccc(Cl)cc1)C1(Br)c3ccccc3C2(Br)c2ccccc21. The van der Waals surface area contributed by atoms with Gasteiger partial charge in [0.2, 0.25) is 11.8 Å². The highest BCUT2D eigenvalue weighted by Gasteiger charge is 2.72. The molecule has 0 unspecified atom stereocenters. The average molecular weight is 544 g/mol. The van der Waals surface area contributed by atoms with E-state index in [-0.39, 0.29) is 11.8 Å². The first kappa shape index (κ1) is 18.8. The zero-order valence-electron chi connectivity index (χ0n) is 15.5. The molecule has 6 heteroatoms. The van der Waals surface area contributed by atoms with Crippen LogP contribution in [0.2, 0.25) is 5.02 Å². The Morgan fingerprint density at radius 2 is 1.03 bits per heavy atom. The maximum Gasteiger partial charge on any atom is 0.239 e. The lowest BCUT2D eigenvalue weighted by Crippen LogP contribution is -2.56. The molecule has 3 nitrogen and oxygen atoms in total. The van der Waals surface area contributed by atoms with E-state index in [0.717, 1.165) is 22.3 Å². The Morgan fingerprint density at radius 1 is 0.667 bits per heavy atom. The number of anilines is 1. The molecule has 2 bridgehead atoms. The summed E-state index contributed by atoms with van der Waals surface area (Å²) in [5.74, 6) is -1.52. The number of halogens is 3. The van der Waals surface area contributed by atoms with Crippen molar-refractivity contribution in [3.63, 3.8) is 0 Å². The van der Waals surface area contributed by atoms with Crippen molar-refractivity contribution >= 4 is 61.0 Å². The molecule has 1 saturated heterocycles. The first-order valence-electron chi connectivity index (χ1n) is 9.61. The molecule has 0 radical (unpaired) electrons. The average Bonchev–Trinajstić information content (AvgIpc) is 3.04. The van der Waals surface area contributed by atoms with E-state index in [2.05, 4.69) is 56.1 Å². The van der Waals surface area contributed by atoms with Gasteiger partial charge < -0.3 is 0 Å². The third-order valence-corrected chi connectivity index (χ3v) is 9.62. The van der Waals surface area contributed by atoms with Crippen LogP contribution in [0.25, 0.3) is 0 Å². The van der Waals surface area contributed by atoms with Gasteiger partial charge in [-0.05, 0) is 46.5 Å². The van der Waals surface area contributed by atoms with Gasteiger partial charge in [-0.25, -0.2) is 4.90 Å². The monoisotopic (exact) mass is 541 g/mol. The Balaban J connectivity index is 1.66. The molecule has 1 aliphatic heterocycles. The minimum absolute atomic E-state index is 0.197. The zero-order chi connectivity index (χ0) is 20.8. The predicted molar refractivity (Wildman–Crippen MR) is 123 cm³/mol. The lowest BCUT2D eigenvalue weighted by Gasteiger charge is -2.55. The lowest BCUT2D eigenvalue weighted by molar-refractivity contribution is -0.122. The molecule has 1 fully saturated rings. The molecule has 2 atom stereocenters. The third-order valence-electron chi connectivity index (χ3n) is 6.67. The van der Waals surface area contributed by atoms with Crippen molar-refractivity contribution in [3.8, 4) is 0 Å². The summed E-state index contributed by atoms with van der Waals surface area (Å²) < 4.78 is -1.54. The van der Waals surface area contributed by atoms with E-state index in [1.54, 1.807) is 24.3 Å². The fraction of sp³-hybridized carbons (Fsp3) is 0.167. The van der Waals surface area contributed by atoms with Crippen LogP contribution < -0.4 is 4.90 Å². The first-order chi connectivity index (χ1) is 14.4. The van der Waals surface area contributed by atoms with E-state index in [1.807, 2.05) is 24.3 Å². The van der Waals surface area contributed by atoms with Crippen molar-refractivity contribution in [2.24, 2.45) is 11.8 Å². The fourth-order valence-electron chi connectivity index (χ4n) is 5.51. The summed E-state index contributed by atoms with van der Waals surface area (Å²) in [6.45, 7) is 0. The highest BCUT2D eigenvalue weighted by atomic mass is 79.9. The number of rotatable bonds is 1. The number of carbonyl (C=O) groups is 2. The van der Waals surface area contributed by atoms with E-state index in [9.17, 15) is 9.59 Å². The zero-order valence-corrected chi connectivity index (χ0v) is 19.4. The van der Waals surface area contributed by atoms with Crippen molar-refractivity contribution in [2.45, 2.75) is 8.65 Å². The summed E-state index contributed by atoms with van der Waals surface area (Å²) >= 11 is 14.0. The van der Waals surface area contributed by atoms with Gasteiger partial charge >= 0.3 is 0 Å². The molecule has 7 rings (SSSR count). The van der Waals surface area contributed by atoms with Crippen molar-refractivity contribution in [1.82, 2.24) is 0 Å². The summed E-state index contributed by atoms with van der Waals surface area (Å²) in [6, 6.07) is 23.0. The minimum Gasteiger partial charge on any atom is -0.274 e. The van der Waals surface area contributed by atoms with Gasteiger partial charge in [0.25, 0.3) is 0 Å². The predicted octanol–water partition coefficient (Wildman–Crippen LogP) is 5.75. The van der Waals surface area contributed by atoms with E-state index < -0.39 is 20.5 Å². The van der Waals surface area contributed by atoms with Gasteiger partial charge in [0.05, 0.1) is 26.2 Å². The largest absolute Gasteiger partial charge is 0.274 e. The normalized spacial score (nSPS) is 30.8. The summed E-state index contributed by atoms with van der Waals surface area (Å²) in [5, 5.41) is 0.559. The van der Waals surface area contributed by atoms with Crippen molar-refractivity contribution in [1.29, 1.82) is 0 Å². The number of imide groups is 1. The molecule has 4 aliphatic rings. The molecule has 30 heavy (non-hydrogen) atoms. The molecule has 0 saturated carbocycles. The number of hydrogen-bond donors (Lipinski definition) is 0. The van der Waals surface area contributed by atoms with Gasteiger partial charge in [-0.3, -0.25) is 9.59 Å². The second-order valence-corrected chi connectivity index (χ2v) is 10.9. The number of benzene rings is 3. The van der Waals surface area contributed by atoms with Gasteiger partial charge in [0.1, 0.15) is 0 Å². The Hall–Kier alpha value is -1.95. The molecule has 0 N–H and O–H groups in total. The maximum absolute atomic E-state index is 13.8. The summed E-state index contributed by atoms with van der Waals surface area (Å²) in [6.07, 6.45) is 0. The Labute approximate surface area is 195 Å². The van der Waals surface area contributed by atoms with E-state index >= 15 is 0 Å². The summed E-state index contributed by atoms with van der Waals surface area (Å²) in [4.78, 5) is 29.0. The molecule has 2 amide bonds. The Morgan fingerprint density at radius 3 is 1.40 bits per heavy atom. The van der Waals surface area contributed by atoms with E-state index in [1.165, 1.54) is 4.90 Å². The van der Waals surface area contributed by atoms with Gasteiger partial charge in [0, 0.05) is 5.02 Å². The summed E-state index contributed by atoms with van der Waals surface area (Å²) in [5.41, 5.74) is 4.66. The van der Waals surface area contributed by atoms with Gasteiger partial charge in [-0.15, -0.1) is 0 Å². The minimum atomic E-state index is -0.770. The molecular weight excluding hydrogens is 530 g/mol. The van der Waals surface area contributed by atoms with Crippen molar-refractivity contribution in [3.05, 3.63) is 100 Å². The van der Waals surface area contributed by atoms with Crippen LogP contribution in [0.1, 0.15) is 22.3 Å². The number of hydrogen-bond acceptors (Lipinski definition) is 2. The number of nitrogens with zero attached hydrogens (tertiary/aromatic N) is 1. The van der Waals surface area contributed by atoms with Gasteiger partial charge in [-0.2, -0.15) is 0 Å². The molecule has 1 heterocycles. The van der Waals surface area contributed by atoms with Crippen LogP contribution in [0.4, 0.5) is 5.69 Å². The van der Waals surface area contributed by atoms with E-state index in [0.29, 0.717) is 10.7 Å². The lowest BCUT2D eigenvalue weighted by atomic mass is 9.54. The fourth-order valence-corrected chi connectivity index (χ4v) is 7.94. The molecular formula is C24H14Br2ClNO2. The smallest absolute Gasteiger partial charge is 0.239 e. The van der Waals surface area contributed by atoms with Gasteiger partial charge in [-0.1, -0.05) is 92.0 Å². The van der Waals surface area contributed by atoms with E-state index in [4.69, 9.17) is 11.6 Å². The molecule has 3 aliphatic carbocycles. The van der Waals surface area contributed by atoms with Crippen LogP contribution in [0.5, 0.6) is 0 Å². The number of carbonyl (C=O) groups excluding carboxylic acids is 2. The Bertz CT molecular complexity index is 1130. The van der Waals surface area contributed by atoms with Crippen molar-refractivity contribution in [2.75, 3.05) is 4.90 Å². The van der Waals surface area contributed by atoms with Gasteiger partial charge in [0.15, 0.2) is 0 Å². The van der Waals surface area contributed by atoms with Crippen LogP contribution in [0, 0.1) is 11.8 Å². The Kier molecular flexibility index (Phi) is 3.79. The summed E-state index contributed by atoms with van der Waals surface area (Å²) in [7, 11) is 0. The second kappa shape index (κ2) is 6.06. The second-order valence-electron chi connectivity index (χ2n) is 7.96. The van der Waals surface area contributed by atoms with Crippen molar-refractivity contribution < 1.29 is 9.59 Å². The van der Waals surface area contributed by atoms with Crippen LogP contribution in [-0.4, -0.2) is 11.8 Å². The molecule has 0 aromatic heterocycles. The van der Waals surface area contributed by atoms with Crippen LogP contribution in [-0.2, 0) is 18.2 Å². The third kappa shape index (κ3) is 2.02. The maximum atomic E-state index is 13.8. The quantitative estimate of drug-likeness (QED) is 0.290. The number of amides is 2. The highest BCUT2D eigenvalue weighted by molar-refractivity contribution is 9.10. The molecule has 148 valence electrons. The molecule has 3 aromatic rings. The van der Waals surface area contributed by atoms with Crippen LogP contribution in [0.3, 0.4) is 0 Å². The highest BCUT2D eigenvalue weighted by Crippen LogP contribution is 2.70. The molecule has 3 aromatic carbocycles. The number of alkyl halides is 2. The standard InChI is InChI=1S/C24H14Br2ClNO2/c25-23-15-5-1-2-6-16(15)24(26,18-8-4-3-7-17(18)23)20-19(23)21(29)28(22(20)30)14-11-9-13(27)10-12-14/h1-12,19-20H/t19-,20+,23?,24?.